The lowest BCUT2D eigenvalue weighted by atomic mass is 9.93. The minimum Gasteiger partial charge on any atom is -0.278 e. The van der Waals surface area contributed by atoms with E-state index in [1.54, 1.807) is 0 Å². The lowest BCUT2D eigenvalue weighted by Crippen LogP contribution is -2.04. The van der Waals surface area contributed by atoms with Crippen LogP contribution in [0.1, 0.15) is 17.5 Å². The summed E-state index contributed by atoms with van der Waals surface area (Å²) in [6.07, 6.45) is 6.75. The number of rotatable bonds is 3. The predicted molar refractivity (Wildman–Crippen MR) is 162 cm³/mol. The van der Waals surface area contributed by atoms with Crippen molar-refractivity contribution in [3.05, 3.63) is 132 Å². The number of hydrogen-bond donors (Lipinski definition) is 0. The van der Waals surface area contributed by atoms with Crippen molar-refractivity contribution in [3.63, 3.8) is 0 Å². The van der Waals surface area contributed by atoms with Crippen LogP contribution < -0.4 is 0 Å². The molecule has 2 aromatic heterocycles. The van der Waals surface area contributed by atoms with Crippen molar-refractivity contribution in [3.8, 4) is 28.3 Å². The van der Waals surface area contributed by atoms with E-state index >= 15 is 0 Å². The summed E-state index contributed by atoms with van der Waals surface area (Å²) in [5.74, 6) is 0.692. The molecule has 2 heterocycles. The van der Waals surface area contributed by atoms with Gasteiger partial charge in [-0.15, -0.1) is 0 Å². The molecule has 0 saturated heterocycles. The molecule has 39 heavy (non-hydrogen) atoms. The van der Waals surface area contributed by atoms with E-state index in [-0.39, 0.29) is 0 Å². The smallest absolute Gasteiger partial charge is 0.235 e. The van der Waals surface area contributed by atoms with Crippen molar-refractivity contribution >= 4 is 38.8 Å². The summed E-state index contributed by atoms with van der Waals surface area (Å²) in [5.41, 5.74) is 10.3. The lowest BCUT2D eigenvalue weighted by molar-refractivity contribution is 0.986. The highest BCUT2D eigenvalue weighted by atomic mass is 15.2. The minimum absolute atomic E-state index is 0.692. The molecule has 7 aromatic rings. The van der Waals surface area contributed by atoms with Gasteiger partial charge in [-0.2, -0.15) is 0 Å². The molecule has 0 unspecified atom stereocenters. The Hall–Kier alpha value is -5.02. The highest BCUT2D eigenvalue weighted by Crippen LogP contribution is 2.39. The number of aryl methyl sites for hydroxylation is 1. The minimum atomic E-state index is 0.692. The molecule has 0 N–H and O–H groups in total. The molecule has 8 rings (SSSR count). The third-order valence-electron chi connectivity index (χ3n) is 7.87. The van der Waals surface area contributed by atoms with Gasteiger partial charge in [0.2, 0.25) is 5.95 Å². The SMILES string of the molecule is C1=Cc2c(ccc3c2c2ccc(-c4ccccc4)cc2n3-c2nc(-c3ccccc3)c3ccccc3n2)CC1. The third-order valence-corrected chi connectivity index (χ3v) is 7.87. The lowest BCUT2D eigenvalue weighted by Gasteiger charge is -2.13. The number of hydrogen-bond acceptors (Lipinski definition) is 2. The van der Waals surface area contributed by atoms with E-state index in [0.29, 0.717) is 5.95 Å². The van der Waals surface area contributed by atoms with Crippen molar-refractivity contribution in [2.24, 2.45) is 0 Å². The first kappa shape index (κ1) is 22.0. The van der Waals surface area contributed by atoms with Gasteiger partial charge in [0.05, 0.1) is 22.2 Å². The summed E-state index contributed by atoms with van der Waals surface area (Å²) in [5, 5.41) is 3.56. The predicted octanol–water partition coefficient (Wildman–Crippen LogP) is 9.02. The first-order valence-electron chi connectivity index (χ1n) is 13.5. The molecule has 3 nitrogen and oxygen atoms in total. The largest absolute Gasteiger partial charge is 0.278 e. The number of aromatic nitrogens is 3. The van der Waals surface area contributed by atoms with Gasteiger partial charge in [0.25, 0.3) is 0 Å². The maximum absolute atomic E-state index is 5.26. The van der Waals surface area contributed by atoms with Gasteiger partial charge in [0.15, 0.2) is 0 Å². The second-order valence-electron chi connectivity index (χ2n) is 10.2. The first-order chi connectivity index (χ1) is 19.3. The van der Waals surface area contributed by atoms with Crippen LogP contribution in [0.3, 0.4) is 0 Å². The van der Waals surface area contributed by atoms with Crippen molar-refractivity contribution in [1.82, 2.24) is 14.5 Å². The Labute approximate surface area is 226 Å². The maximum Gasteiger partial charge on any atom is 0.235 e. The van der Waals surface area contributed by atoms with E-state index < -0.39 is 0 Å². The number of fused-ring (bicyclic) bond motifs is 6. The van der Waals surface area contributed by atoms with E-state index in [0.717, 1.165) is 46.0 Å². The van der Waals surface area contributed by atoms with E-state index in [4.69, 9.17) is 9.97 Å². The Morgan fingerprint density at radius 3 is 2.21 bits per heavy atom. The number of nitrogens with zero attached hydrogens (tertiary/aromatic N) is 3. The highest BCUT2D eigenvalue weighted by molar-refractivity contribution is 6.14. The Kier molecular flexibility index (Phi) is 4.95. The number of allylic oxidation sites excluding steroid dienone is 1. The Bertz CT molecular complexity index is 2050. The summed E-state index contributed by atoms with van der Waals surface area (Å²) in [7, 11) is 0. The molecule has 184 valence electrons. The first-order valence-corrected chi connectivity index (χ1v) is 13.5. The van der Waals surface area contributed by atoms with Crippen LogP contribution in [0, 0.1) is 0 Å². The Balaban J connectivity index is 1.50. The quantitative estimate of drug-likeness (QED) is 0.243. The van der Waals surface area contributed by atoms with Crippen LogP contribution >= 0.6 is 0 Å². The third kappa shape index (κ3) is 3.51. The van der Waals surface area contributed by atoms with E-state index in [1.165, 1.54) is 33.0 Å². The zero-order valence-electron chi connectivity index (χ0n) is 21.4. The fourth-order valence-corrected chi connectivity index (χ4v) is 6.03. The molecule has 3 heteroatoms. The molecule has 0 amide bonds. The van der Waals surface area contributed by atoms with Crippen molar-refractivity contribution in [2.75, 3.05) is 0 Å². The molecule has 0 atom stereocenters. The van der Waals surface area contributed by atoms with Crippen LogP contribution in [-0.4, -0.2) is 14.5 Å². The molecular formula is C36H25N3. The van der Waals surface area contributed by atoms with Crippen LogP contribution in [0.2, 0.25) is 0 Å². The zero-order chi connectivity index (χ0) is 25.8. The van der Waals surface area contributed by atoms with Gasteiger partial charge in [-0.3, -0.25) is 4.57 Å². The van der Waals surface area contributed by atoms with Crippen molar-refractivity contribution < 1.29 is 0 Å². The van der Waals surface area contributed by atoms with Crippen LogP contribution in [0.4, 0.5) is 0 Å². The summed E-state index contributed by atoms with van der Waals surface area (Å²) < 4.78 is 2.26. The van der Waals surface area contributed by atoms with E-state index in [1.807, 2.05) is 6.07 Å². The molecule has 0 fully saturated rings. The van der Waals surface area contributed by atoms with Crippen LogP contribution in [0.5, 0.6) is 0 Å². The average Bonchev–Trinajstić information content (AvgIpc) is 3.35. The molecule has 0 saturated carbocycles. The molecule has 0 spiro atoms. The van der Waals surface area contributed by atoms with Gasteiger partial charge >= 0.3 is 0 Å². The highest BCUT2D eigenvalue weighted by Gasteiger charge is 2.21. The van der Waals surface area contributed by atoms with Crippen molar-refractivity contribution in [1.29, 1.82) is 0 Å². The molecule has 0 bridgehead atoms. The number of para-hydroxylation sites is 1. The van der Waals surface area contributed by atoms with Crippen LogP contribution in [0.15, 0.2) is 121 Å². The van der Waals surface area contributed by atoms with E-state index in [9.17, 15) is 0 Å². The van der Waals surface area contributed by atoms with Gasteiger partial charge in [-0.25, -0.2) is 9.97 Å². The molecule has 0 radical (unpaired) electrons. The monoisotopic (exact) mass is 499 g/mol. The average molecular weight is 500 g/mol. The molecule has 5 aromatic carbocycles. The second-order valence-corrected chi connectivity index (χ2v) is 10.2. The normalized spacial score (nSPS) is 12.8. The number of benzene rings is 5. The molecule has 1 aliphatic rings. The summed E-state index contributed by atoms with van der Waals surface area (Å²) in [6, 6.07) is 40.7. The topological polar surface area (TPSA) is 30.7 Å². The van der Waals surface area contributed by atoms with Gasteiger partial charge in [0.1, 0.15) is 0 Å². The summed E-state index contributed by atoms with van der Waals surface area (Å²) >= 11 is 0. The van der Waals surface area contributed by atoms with Gasteiger partial charge in [0, 0.05) is 21.7 Å². The van der Waals surface area contributed by atoms with E-state index in [2.05, 4.69) is 126 Å². The fourth-order valence-electron chi connectivity index (χ4n) is 6.03. The zero-order valence-corrected chi connectivity index (χ0v) is 21.4. The van der Waals surface area contributed by atoms with Crippen molar-refractivity contribution in [2.45, 2.75) is 12.8 Å². The molecular weight excluding hydrogens is 474 g/mol. The van der Waals surface area contributed by atoms with Gasteiger partial charge in [-0.05, 0) is 53.3 Å². The standard InChI is InChI=1S/C36H25N3/c1-3-11-24(12-4-1)27-19-21-30-33(23-27)39(32-22-20-25-13-7-8-16-28(25)34(30)32)36-37-31-18-10-9-17-29(31)35(38-36)26-14-5-2-6-15-26/h1-6,8-12,14-23H,7,13H2. The summed E-state index contributed by atoms with van der Waals surface area (Å²) in [4.78, 5) is 10.4. The van der Waals surface area contributed by atoms with Gasteiger partial charge < -0.3 is 0 Å². The summed E-state index contributed by atoms with van der Waals surface area (Å²) in [6.45, 7) is 0. The molecule has 1 aliphatic carbocycles. The van der Waals surface area contributed by atoms with Gasteiger partial charge in [-0.1, -0.05) is 109 Å². The second kappa shape index (κ2) is 8.78. The fraction of sp³-hybridized carbons (Fsp3) is 0.0556. The Morgan fingerprint density at radius 2 is 1.36 bits per heavy atom. The van der Waals surface area contributed by atoms with Crippen LogP contribution in [0.25, 0.3) is 67.1 Å². The Morgan fingerprint density at radius 1 is 0.590 bits per heavy atom. The maximum atomic E-state index is 5.26. The van der Waals surface area contributed by atoms with Crippen LogP contribution in [-0.2, 0) is 6.42 Å². The molecule has 0 aliphatic heterocycles.